The minimum atomic E-state index is -0.448. The van der Waals surface area contributed by atoms with Gasteiger partial charge >= 0.3 is 0 Å². The molecule has 0 atom stereocenters. The lowest BCUT2D eigenvalue weighted by molar-refractivity contribution is -0.115. The van der Waals surface area contributed by atoms with E-state index in [9.17, 15) is 9.18 Å². The molecule has 0 bridgehead atoms. The lowest BCUT2D eigenvalue weighted by Crippen LogP contribution is -2.15. The fourth-order valence-corrected chi connectivity index (χ4v) is 4.57. The standard InChI is InChI=1S/C24H25FN4O/c25-20-11-10-19(24-28-27-22-7-2-1-3-12-29(22)24)15-21(20)26-23(30)14-16-8-9-17-5-4-6-18(17)13-16/h8-11,13,15H,1-7,12,14H2,(H,26,30). The lowest BCUT2D eigenvalue weighted by atomic mass is 10.0. The number of nitrogens with one attached hydrogen (secondary N) is 1. The van der Waals surface area contributed by atoms with Gasteiger partial charge in [-0.05, 0) is 67.0 Å². The number of hydrogen-bond acceptors (Lipinski definition) is 3. The molecule has 5 nitrogen and oxygen atoms in total. The summed E-state index contributed by atoms with van der Waals surface area (Å²) < 4.78 is 16.6. The van der Waals surface area contributed by atoms with Crippen molar-refractivity contribution in [2.45, 2.75) is 57.9 Å². The smallest absolute Gasteiger partial charge is 0.228 e. The van der Waals surface area contributed by atoms with Crippen molar-refractivity contribution in [3.8, 4) is 11.4 Å². The van der Waals surface area contributed by atoms with Crippen molar-refractivity contribution in [2.24, 2.45) is 0 Å². The zero-order valence-corrected chi connectivity index (χ0v) is 17.0. The number of rotatable bonds is 4. The highest BCUT2D eigenvalue weighted by Gasteiger charge is 2.18. The summed E-state index contributed by atoms with van der Waals surface area (Å²) in [6, 6.07) is 11.0. The first-order chi connectivity index (χ1) is 14.7. The Balaban J connectivity index is 1.35. The summed E-state index contributed by atoms with van der Waals surface area (Å²) in [6.07, 6.45) is 7.90. The van der Waals surface area contributed by atoms with E-state index in [-0.39, 0.29) is 18.0 Å². The van der Waals surface area contributed by atoms with Gasteiger partial charge in [-0.2, -0.15) is 0 Å². The summed E-state index contributed by atoms with van der Waals surface area (Å²) in [7, 11) is 0. The number of aromatic nitrogens is 3. The van der Waals surface area contributed by atoms with Crippen LogP contribution in [0.3, 0.4) is 0 Å². The van der Waals surface area contributed by atoms with E-state index in [2.05, 4.69) is 32.2 Å². The SMILES string of the molecule is O=C(Cc1ccc2c(c1)CCC2)Nc1cc(-c2nnc3n2CCCCC3)ccc1F. The molecule has 0 fully saturated rings. The summed E-state index contributed by atoms with van der Waals surface area (Å²) in [5.74, 6) is 1.05. The fourth-order valence-electron chi connectivity index (χ4n) is 4.57. The van der Waals surface area contributed by atoms with E-state index in [1.807, 2.05) is 6.07 Å². The van der Waals surface area contributed by atoms with Crippen LogP contribution in [0, 0.1) is 5.82 Å². The van der Waals surface area contributed by atoms with Gasteiger partial charge in [-0.1, -0.05) is 24.6 Å². The quantitative estimate of drug-likeness (QED) is 0.697. The molecule has 0 spiro atoms. The zero-order valence-electron chi connectivity index (χ0n) is 17.0. The third-order valence-electron chi connectivity index (χ3n) is 6.14. The number of nitrogens with zero attached hydrogens (tertiary/aromatic N) is 3. The Bertz CT molecular complexity index is 1100. The van der Waals surface area contributed by atoms with Crippen molar-refractivity contribution < 1.29 is 9.18 Å². The second-order valence-corrected chi connectivity index (χ2v) is 8.28. The van der Waals surface area contributed by atoms with E-state index < -0.39 is 5.82 Å². The van der Waals surface area contributed by atoms with Crippen LogP contribution >= 0.6 is 0 Å². The third-order valence-corrected chi connectivity index (χ3v) is 6.14. The summed E-state index contributed by atoms with van der Waals surface area (Å²) in [4.78, 5) is 12.6. The molecule has 6 heteroatoms. The van der Waals surface area contributed by atoms with Crippen molar-refractivity contribution in [3.05, 3.63) is 64.7 Å². The Morgan fingerprint density at radius 1 is 0.967 bits per heavy atom. The van der Waals surface area contributed by atoms with Crippen LogP contribution < -0.4 is 5.32 Å². The van der Waals surface area contributed by atoms with Crippen LogP contribution in [-0.2, 0) is 37.0 Å². The van der Waals surface area contributed by atoms with Crippen LogP contribution in [0.15, 0.2) is 36.4 Å². The minimum absolute atomic E-state index is 0.185. The molecular weight excluding hydrogens is 379 g/mol. The van der Waals surface area contributed by atoms with E-state index in [1.165, 1.54) is 30.0 Å². The van der Waals surface area contributed by atoms with Crippen LogP contribution in [0.1, 0.15) is 48.2 Å². The van der Waals surface area contributed by atoms with Crippen molar-refractivity contribution in [3.63, 3.8) is 0 Å². The molecule has 1 aromatic heterocycles. The number of amides is 1. The minimum Gasteiger partial charge on any atom is -0.323 e. The Morgan fingerprint density at radius 2 is 1.87 bits per heavy atom. The summed E-state index contributed by atoms with van der Waals surface area (Å²) in [5, 5.41) is 11.4. The molecule has 2 aromatic carbocycles. The van der Waals surface area contributed by atoms with Gasteiger partial charge in [0.05, 0.1) is 12.1 Å². The topological polar surface area (TPSA) is 59.8 Å². The van der Waals surface area contributed by atoms with Crippen LogP contribution in [0.2, 0.25) is 0 Å². The van der Waals surface area contributed by atoms with Crippen molar-refractivity contribution in [2.75, 3.05) is 5.32 Å². The maximum absolute atomic E-state index is 14.4. The number of halogens is 1. The highest BCUT2D eigenvalue weighted by molar-refractivity contribution is 5.93. The first kappa shape index (κ1) is 19.0. The molecule has 5 rings (SSSR count). The third kappa shape index (κ3) is 3.74. The first-order valence-corrected chi connectivity index (χ1v) is 10.8. The summed E-state index contributed by atoms with van der Waals surface area (Å²) >= 11 is 0. The largest absolute Gasteiger partial charge is 0.323 e. The van der Waals surface area contributed by atoms with E-state index in [0.29, 0.717) is 0 Å². The molecule has 0 saturated heterocycles. The molecule has 1 N–H and O–H groups in total. The van der Waals surface area contributed by atoms with Crippen molar-refractivity contribution in [1.29, 1.82) is 0 Å². The van der Waals surface area contributed by atoms with E-state index in [4.69, 9.17) is 0 Å². The monoisotopic (exact) mass is 404 g/mol. The van der Waals surface area contributed by atoms with Gasteiger partial charge in [-0.3, -0.25) is 4.79 Å². The van der Waals surface area contributed by atoms with Crippen LogP contribution in [-0.4, -0.2) is 20.7 Å². The Kier molecular flexibility index (Phi) is 5.07. The predicted molar refractivity (Wildman–Crippen MR) is 114 cm³/mol. The molecule has 0 unspecified atom stereocenters. The Morgan fingerprint density at radius 3 is 2.80 bits per heavy atom. The number of benzene rings is 2. The second-order valence-electron chi connectivity index (χ2n) is 8.28. The second kappa shape index (κ2) is 8.01. The highest BCUT2D eigenvalue weighted by Crippen LogP contribution is 2.27. The predicted octanol–water partition coefficient (Wildman–Crippen LogP) is 4.48. The fraction of sp³-hybridized carbons (Fsp3) is 0.375. The van der Waals surface area contributed by atoms with Crippen molar-refractivity contribution >= 4 is 11.6 Å². The molecule has 0 saturated carbocycles. The normalized spacial score (nSPS) is 15.4. The number of carbonyl (C=O) groups is 1. The number of fused-ring (bicyclic) bond motifs is 2. The van der Waals surface area contributed by atoms with Crippen LogP contribution in [0.4, 0.5) is 10.1 Å². The van der Waals surface area contributed by atoms with E-state index in [1.54, 1.807) is 12.1 Å². The highest BCUT2D eigenvalue weighted by atomic mass is 19.1. The van der Waals surface area contributed by atoms with Gasteiger partial charge in [0.15, 0.2) is 5.82 Å². The van der Waals surface area contributed by atoms with Crippen molar-refractivity contribution in [1.82, 2.24) is 14.8 Å². The molecule has 2 heterocycles. The van der Waals surface area contributed by atoms with Gasteiger partial charge in [-0.15, -0.1) is 10.2 Å². The van der Waals surface area contributed by atoms with Gasteiger partial charge in [-0.25, -0.2) is 4.39 Å². The molecule has 0 radical (unpaired) electrons. The number of anilines is 1. The average Bonchev–Trinajstić information content (AvgIpc) is 3.30. The number of hydrogen-bond donors (Lipinski definition) is 1. The van der Waals surface area contributed by atoms with Crippen LogP contribution in [0.5, 0.6) is 0 Å². The molecular formula is C24H25FN4O. The number of carbonyl (C=O) groups excluding carboxylic acids is 1. The maximum Gasteiger partial charge on any atom is 0.228 e. The van der Waals surface area contributed by atoms with Crippen LogP contribution in [0.25, 0.3) is 11.4 Å². The Labute approximate surface area is 175 Å². The summed E-state index contributed by atoms with van der Waals surface area (Å²) in [5.41, 5.74) is 4.63. The van der Waals surface area contributed by atoms with E-state index >= 15 is 0 Å². The molecule has 2 aliphatic rings. The molecule has 1 aliphatic carbocycles. The maximum atomic E-state index is 14.4. The Hall–Kier alpha value is -3.02. The molecule has 3 aromatic rings. The van der Waals surface area contributed by atoms with Gasteiger partial charge in [0.25, 0.3) is 0 Å². The summed E-state index contributed by atoms with van der Waals surface area (Å²) in [6.45, 7) is 0.870. The molecule has 1 aliphatic heterocycles. The van der Waals surface area contributed by atoms with E-state index in [0.717, 1.165) is 61.4 Å². The van der Waals surface area contributed by atoms with Gasteiger partial charge < -0.3 is 9.88 Å². The lowest BCUT2D eigenvalue weighted by Gasteiger charge is -2.11. The van der Waals surface area contributed by atoms with Gasteiger partial charge in [0.2, 0.25) is 5.91 Å². The number of aryl methyl sites for hydroxylation is 3. The van der Waals surface area contributed by atoms with Gasteiger partial charge in [0.1, 0.15) is 11.6 Å². The van der Waals surface area contributed by atoms with Gasteiger partial charge in [0, 0.05) is 18.5 Å². The average molecular weight is 404 g/mol. The first-order valence-electron chi connectivity index (χ1n) is 10.8. The molecule has 30 heavy (non-hydrogen) atoms. The molecule has 1 amide bonds. The zero-order chi connectivity index (χ0) is 20.5. The molecule has 154 valence electrons.